The van der Waals surface area contributed by atoms with Crippen LogP contribution < -0.4 is 26.6 Å². The van der Waals surface area contributed by atoms with Crippen molar-refractivity contribution in [2.75, 3.05) is 23.9 Å². The van der Waals surface area contributed by atoms with Crippen LogP contribution in [0.5, 0.6) is 5.75 Å². The number of nitrogens with one attached hydrogen (secondary N) is 1. The summed E-state index contributed by atoms with van der Waals surface area (Å²) in [5, 5.41) is 2.70. The quantitative estimate of drug-likeness (QED) is 0.630. The molecule has 0 spiro atoms. The maximum atomic E-state index is 11.4. The Balaban J connectivity index is 2.81. The number of nitrogens with two attached hydrogens (primary N) is 1. The molecule has 1 aromatic carbocycles. The Hall–Kier alpha value is -1.50. The second-order valence-electron chi connectivity index (χ2n) is 3.68. The lowest BCUT2D eigenvalue weighted by atomic mass is 10.1. The molecular formula is C11H16N2O4S. The lowest BCUT2D eigenvalue weighted by Gasteiger charge is -2.19. The van der Waals surface area contributed by atoms with Crippen LogP contribution in [0.25, 0.3) is 0 Å². The number of primary amides is 1. The number of anilines is 1. The van der Waals surface area contributed by atoms with E-state index < -0.39 is 22.8 Å². The molecule has 1 aromatic rings. The minimum absolute atomic E-state index is 0.00194. The van der Waals surface area contributed by atoms with Crippen LogP contribution in [-0.2, 0) is 4.79 Å². The van der Waals surface area contributed by atoms with Crippen molar-refractivity contribution >= 4 is 23.4 Å². The molecule has 7 heteroatoms. The Bertz CT molecular complexity index is 493. The van der Waals surface area contributed by atoms with Crippen LogP contribution in [-0.4, -0.2) is 30.6 Å². The topological polar surface area (TPSA) is 98.5 Å². The molecule has 1 atom stereocenters. The van der Waals surface area contributed by atoms with Crippen molar-refractivity contribution < 1.29 is 9.53 Å². The zero-order valence-electron chi connectivity index (χ0n) is 10.3. The fourth-order valence-corrected chi connectivity index (χ4v) is 1.95. The second-order valence-corrected chi connectivity index (χ2v) is 4.66. The Kier molecular flexibility index (Phi) is 5.21. The summed E-state index contributed by atoms with van der Waals surface area (Å²) in [4.78, 5) is 33.8. The first-order chi connectivity index (χ1) is 8.52. The van der Waals surface area contributed by atoms with E-state index in [0.29, 0.717) is 6.42 Å². The molecule has 0 aromatic heterocycles. The van der Waals surface area contributed by atoms with Crippen molar-refractivity contribution in [1.82, 2.24) is 0 Å². The number of rotatable bonds is 8. The standard InChI is InChI=1S/C11H16N2O4S/c1-3-17-10-7(8(14)9(10)15)13-6(11(12)16)4-5-18-2/h6,13H,3-5H2,1-2H3,(H2,12,16)/t6-/m0/s1. The summed E-state index contributed by atoms with van der Waals surface area (Å²) in [5.41, 5.74) is 3.98. The lowest BCUT2D eigenvalue weighted by Crippen LogP contribution is -2.43. The van der Waals surface area contributed by atoms with Crippen LogP contribution in [0.4, 0.5) is 5.69 Å². The van der Waals surface area contributed by atoms with Gasteiger partial charge in [0.2, 0.25) is 5.91 Å². The average molecular weight is 272 g/mol. The van der Waals surface area contributed by atoms with Crippen molar-refractivity contribution in [2.45, 2.75) is 19.4 Å². The molecular weight excluding hydrogens is 256 g/mol. The molecule has 0 aliphatic carbocycles. The Labute approximate surface area is 109 Å². The van der Waals surface area contributed by atoms with E-state index in [1.807, 2.05) is 6.26 Å². The van der Waals surface area contributed by atoms with Gasteiger partial charge in [-0.3, -0.25) is 14.4 Å². The van der Waals surface area contributed by atoms with E-state index in [4.69, 9.17) is 10.5 Å². The van der Waals surface area contributed by atoms with Gasteiger partial charge in [0.1, 0.15) is 11.7 Å². The lowest BCUT2D eigenvalue weighted by molar-refractivity contribution is -0.118. The number of hydrogen-bond donors (Lipinski definition) is 2. The Morgan fingerprint density at radius 2 is 2.11 bits per heavy atom. The van der Waals surface area contributed by atoms with Crippen molar-refractivity contribution in [2.24, 2.45) is 5.73 Å². The zero-order valence-corrected chi connectivity index (χ0v) is 11.1. The second kappa shape index (κ2) is 6.44. The summed E-state index contributed by atoms with van der Waals surface area (Å²) in [6.45, 7) is 1.99. The van der Waals surface area contributed by atoms with Gasteiger partial charge >= 0.3 is 0 Å². The van der Waals surface area contributed by atoms with E-state index in [1.54, 1.807) is 18.7 Å². The highest BCUT2D eigenvalue weighted by Gasteiger charge is 2.26. The number of hydrogen-bond acceptors (Lipinski definition) is 6. The molecule has 0 saturated heterocycles. The number of ether oxygens (including phenoxy) is 1. The number of carbonyl (C=O) groups excluding carboxylic acids is 1. The molecule has 0 fully saturated rings. The molecule has 1 rings (SSSR count). The first kappa shape index (κ1) is 14.6. The molecule has 0 unspecified atom stereocenters. The SMILES string of the molecule is CCOc1c(N[C@@H](CCSC)C(N)=O)c(=O)c1=O. The summed E-state index contributed by atoms with van der Waals surface area (Å²) in [6, 6.07) is -0.667. The summed E-state index contributed by atoms with van der Waals surface area (Å²) in [5.74, 6) is 0.164. The molecule has 0 bridgehead atoms. The van der Waals surface area contributed by atoms with Crippen molar-refractivity contribution in [3.8, 4) is 5.75 Å². The van der Waals surface area contributed by atoms with Gasteiger partial charge < -0.3 is 15.8 Å². The van der Waals surface area contributed by atoms with Gasteiger partial charge in [-0.2, -0.15) is 11.8 Å². The molecule has 1 amide bonds. The van der Waals surface area contributed by atoms with Gasteiger partial charge in [-0.15, -0.1) is 0 Å². The summed E-state index contributed by atoms with van der Waals surface area (Å²) >= 11 is 1.57. The molecule has 0 aliphatic heterocycles. The maximum Gasteiger partial charge on any atom is 0.272 e. The minimum atomic E-state index is -0.667. The van der Waals surface area contributed by atoms with E-state index in [1.165, 1.54) is 0 Å². The molecule has 3 N–H and O–H groups in total. The highest BCUT2D eigenvalue weighted by Crippen LogP contribution is 2.19. The van der Waals surface area contributed by atoms with Gasteiger partial charge in [0.05, 0.1) is 6.61 Å². The Morgan fingerprint density at radius 1 is 1.44 bits per heavy atom. The van der Waals surface area contributed by atoms with E-state index >= 15 is 0 Å². The monoisotopic (exact) mass is 272 g/mol. The summed E-state index contributed by atoms with van der Waals surface area (Å²) in [7, 11) is 0. The third-order valence-electron chi connectivity index (χ3n) is 2.43. The zero-order chi connectivity index (χ0) is 13.7. The molecule has 0 aliphatic rings. The normalized spacial score (nSPS) is 12.3. The molecule has 0 radical (unpaired) electrons. The van der Waals surface area contributed by atoms with Crippen LogP contribution in [0.15, 0.2) is 9.59 Å². The Morgan fingerprint density at radius 3 is 2.61 bits per heavy atom. The first-order valence-corrected chi connectivity index (χ1v) is 6.93. The minimum Gasteiger partial charge on any atom is -0.488 e. The summed E-state index contributed by atoms with van der Waals surface area (Å²) < 4.78 is 5.05. The first-order valence-electron chi connectivity index (χ1n) is 5.53. The van der Waals surface area contributed by atoms with Crippen LogP contribution in [0, 0.1) is 0 Å². The fraction of sp³-hybridized carbons (Fsp3) is 0.545. The van der Waals surface area contributed by atoms with E-state index in [2.05, 4.69) is 5.32 Å². The van der Waals surface area contributed by atoms with E-state index in [9.17, 15) is 14.4 Å². The van der Waals surface area contributed by atoms with Gasteiger partial charge in [0.15, 0.2) is 5.75 Å². The fourth-order valence-electron chi connectivity index (χ4n) is 1.48. The molecule has 6 nitrogen and oxygen atoms in total. The predicted octanol–water partition coefficient (Wildman–Crippen LogP) is -0.300. The van der Waals surface area contributed by atoms with Crippen molar-refractivity contribution in [1.29, 1.82) is 0 Å². The predicted molar refractivity (Wildman–Crippen MR) is 72.1 cm³/mol. The number of amides is 1. The highest BCUT2D eigenvalue weighted by atomic mass is 32.2. The number of thioether (sulfide) groups is 1. The van der Waals surface area contributed by atoms with Gasteiger partial charge in [0.25, 0.3) is 10.9 Å². The highest BCUT2D eigenvalue weighted by molar-refractivity contribution is 7.98. The molecule has 18 heavy (non-hydrogen) atoms. The van der Waals surface area contributed by atoms with Gasteiger partial charge in [-0.05, 0) is 25.4 Å². The van der Waals surface area contributed by atoms with E-state index in [0.717, 1.165) is 5.75 Å². The number of carbonyl (C=O) groups is 1. The van der Waals surface area contributed by atoms with Gasteiger partial charge in [-0.1, -0.05) is 0 Å². The van der Waals surface area contributed by atoms with Crippen LogP contribution in [0.1, 0.15) is 13.3 Å². The maximum absolute atomic E-state index is 11.4. The third kappa shape index (κ3) is 3.04. The van der Waals surface area contributed by atoms with Crippen LogP contribution in [0.2, 0.25) is 0 Å². The summed E-state index contributed by atoms with van der Waals surface area (Å²) in [6.07, 6.45) is 2.39. The van der Waals surface area contributed by atoms with Gasteiger partial charge in [0, 0.05) is 0 Å². The van der Waals surface area contributed by atoms with Gasteiger partial charge in [-0.25, -0.2) is 0 Å². The van der Waals surface area contributed by atoms with Crippen molar-refractivity contribution in [3.05, 3.63) is 20.4 Å². The van der Waals surface area contributed by atoms with Crippen LogP contribution >= 0.6 is 11.8 Å². The average Bonchev–Trinajstić information content (AvgIpc) is 2.36. The van der Waals surface area contributed by atoms with E-state index in [-0.39, 0.29) is 18.0 Å². The van der Waals surface area contributed by atoms with Crippen molar-refractivity contribution in [3.63, 3.8) is 0 Å². The third-order valence-corrected chi connectivity index (χ3v) is 3.07. The largest absolute Gasteiger partial charge is 0.488 e. The van der Waals surface area contributed by atoms with Crippen LogP contribution in [0.3, 0.4) is 0 Å². The molecule has 0 saturated carbocycles. The molecule has 100 valence electrons. The smallest absolute Gasteiger partial charge is 0.272 e. The molecule has 0 heterocycles.